The van der Waals surface area contributed by atoms with E-state index in [1.54, 1.807) is 19.1 Å². The van der Waals surface area contributed by atoms with Crippen LogP contribution in [0.2, 0.25) is 0 Å². The molecule has 2 fully saturated rings. The Kier molecular flexibility index (Phi) is 11.7. The summed E-state index contributed by atoms with van der Waals surface area (Å²) < 4.78 is 30.1. The van der Waals surface area contributed by atoms with Gasteiger partial charge in [0.05, 0.1) is 37.7 Å². The minimum absolute atomic E-state index is 0.0150. The Morgan fingerprint density at radius 1 is 1.05 bits per heavy atom. The van der Waals surface area contributed by atoms with Crippen LogP contribution in [0.1, 0.15) is 48.8 Å². The average molecular weight is 596 g/mol. The Morgan fingerprint density at radius 3 is 2.56 bits per heavy atom. The first-order valence-electron chi connectivity index (χ1n) is 15.9. The second kappa shape index (κ2) is 15.9. The average Bonchev–Trinajstić information content (AvgIpc) is 3.87. The predicted molar refractivity (Wildman–Crippen MR) is 167 cm³/mol. The number of anilines is 1. The zero-order valence-corrected chi connectivity index (χ0v) is 26.1. The third-order valence-corrected chi connectivity index (χ3v) is 8.72. The van der Waals surface area contributed by atoms with E-state index in [1.807, 2.05) is 6.92 Å². The number of nitrogens with zero attached hydrogens (tertiary/aromatic N) is 2. The molecule has 2 aliphatic heterocycles. The quantitative estimate of drug-likeness (QED) is 0.292. The van der Waals surface area contributed by atoms with Crippen molar-refractivity contribution < 1.29 is 28.5 Å². The molecule has 1 amide bonds. The Balaban J connectivity index is 1.28. The van der Waals surface area contributed by atoms with Crippen LogP contribution in [0, 0.1) is 5.92 Å². The maximum atomic E-state index is 12.6. The van der Waals surface area contributed by atoms with E-state index in [2.05, 4.69) is 52.7 Å². The number of piperidine rings is 1. The zero-order chi connectivity index (χ0) is 30.0. The van der Waals surface area contributed by atoms with Crippen LogP contribution < -0.4 is 15.0 Å². The lowest BCUT2D eigenvalue weighted by molar-refractivity contribution is -0.139. The maximum Gasteiger partial charge on any atom is 0.248 e. The Hall–Kier alpha value is -2.69. The number of carbonyl (C=O) groups is 1. The van der Waals surface area contributed by atoms with Crippen molar-refractivity contribution in [2.24, 2.45) is 5.92 Å². The van der Waals surface area contributed by atoms with Gasteiger partial charge in [-0.2, -0.15) is 0 Å². The Morgan fingerprint density at radius 2 is 1.81 bits per heavy atom. The van der Waals surface area contributed by atoms with Gasteiger partial charge in [0.1, 0.15) is 19.0 Å². The highest BCUT2D eigenvalue weighted by molar-refractivity contribution is 5.77. The predicted octanol–water partition coefficient (Wildman–Crippen LogP) is 3.98. The van der Waals surface area contributed by atoms with Gasteiger partial charge in [0.2, 0.25) is 5.91 Å². The lowest BCUT2D eigenvalue weighted by Crippen LogP contribution is -2.51. The lowest BCUT2D eigenvalue weighted by atomic mass is 9.85. The fourth-order valence-corrected chi connectivity index (χ4v) is 5.79. The van der Waals surface area contributed by atoms with Crippen molar-refractivity contribution in [2.45, 2.75) is 57.5 Å². The molecule has 0 radical (unpaired) electrons. The number of benzene rings is 2. The highest BCUT2D eigenvalue weighted by Crippen LogP contribution is 2.35. The van der Waals surface area contributed by atoms with E-state index < -0.39 is 0 Å². The van der Waals surface area contributed by atoms with Crippen molar-refractivity contribution in [3.8, 4) is 5.75 Å². The SMILES string of the molecule is CCN(C)C(=O)CO[C@@H]1CNC[C@H](OCc2ccc3c(c2)N(CCCOC)CCO3)[C@H]1c1ccc(COCC2CC2)cc1. The summed E-state index contributed by atoms with van der Waals surface area (Å²) in [4.78, 5) is 16.7. The monoisotopic (exact) mass is 595 g/mol. The third-order valence-electron chi connectivity index (χ3n) is 8.72. The molecule has 2 aromatic rings. The van der Waals surface area contributed by atoms with Gasteiger partial charge < -0.3 is 38.8 Å². The molecule has 5 rings (SSSR count). The van der Waals surface area contributed by atoms with E-state index in [4.69, 9.17) is 23.7 Å². The molecule has 1 N–H and O–H groups in total. The van der Waals surface area contributed by atoms with Crippen molar-refractivity contribution in [1.82, 2.24) is 10.2 Å². The molecule has 0 spiro atoms. The molecule has 0 aromatic heterocycles. The van der Waals surface area contributed by atoms with Crippen LogP contribution in [0.15, 0.2) is 42.5 Å². The first-order chi connectivity index (χ1) is 21.1. The Labute approximate surface area is 256 Å². The van der Waals surface area contributed by atoms with E-state index in [9.17, 15) is 4.79 Å². The first-order valence-corrected chi connectivity index (χ1v) is 15.9. The van der Waals surface area contributed by atoms with Gasteiger partial charge in [-0.1, -0.05) is 30.3 Å². The number of likely N-dealkylation sites (N-methyl/N-ethyl adjacent to an activating group) is 1. The zero-order valence-electron chi connectivity index (χ0n) is 26.1. The summed E-state index contributed by atoms with van der Waals surface area (Å²) >= 11 is 0. The van der Waals surface area contributed by atoms with Crippen LogP contribution in [-0.4, -0.2) is 96.3 Å². The summed E-state index contributed by atoms with van der Waals surface area (Å²) in [7, 11) is 3.55. The summed E-state index contributed by atoms with van der Waals surface area (Å²) in [6, 6.07) is 15.0. The smallest absolute Gasteiger partial charge is 0.248 e. The largest absolute Gasteiger partial charge is 0.490 e. The van der Waals surface area contributed by atoms with Gasteiger partial charge in [-0.25, -0.2) is 0 Å². The number of methoxy groups -OCH3 is 1. The van der Waals surface area contributed by atoms with Crippen LogP contribution in [0.5, 0.6) is 5.75 Å². The van der Waals surface area contributed by atoms with Crippen LogP contribution in [0.3, 0.4) is 0 Å². The summed E-state index contributed by atoms with van der Waals surface area (Å²) in [5.74, 6) is 1.63. The van der Waals surface area contributed by atoms with E-state index in [1.165, 1.54) is 18.4 Å². The highest BCUT2D eigenvalue weighted by Gasteiger charge is 2.36. The summed E-state index contributed by atoms with van der Waals surface area (Å²) in [6.07, 6.45) is 3.23. The number of amides is 1. The van der Waals surface area contributed by atoms with Gasteiger partial charge in [-0.05, 0) is 60.9 Å². The molecule has 43 heavy (non-hydrogen) atoms. The Bertz CT molecular complexity index is 1160. The van der Waals surface area contributed by atoms with Crippen molar-refractivity contribution in [2.75, 3.05) is 78.2 Å². The number of nitrogens with one attached hydrogen (secondary N) is 1. The fraction of sp³-hybridized carbons (Fsp3) is 0.618. The number of carbonyl (C=O) groups excluding carboxylic acids is 1. The van der Waals surface area contributed by atoms with Gasteiger partial charge >= 0.3 is 0 Å². The molecule has 9 nitrogen and oxygen atoms in total. The van der Waals surface area contributed by atoms with E-state index in [0.29, 0.717) is 39.5 Å². The van der Waals surface area contributed by atoms with Crippen LogP contribution in [0.4, 0.5) is 5.69 Å². The van der Waals surface area contributed by atoms with Crippen molar-refractivity contribution in [3.63, 3.8) is 0 Å². The summed E-state index contributed by atoms with van der Waals surface area (Å²) in [5, 5.41) is 3.49. The minimum Gasteiger partial charge on any atom is -0.490 e. The first kappa shape index (κ1) is 31.7. The van der Waals surface area contributed by atoms with Crippen LogP contribution in [-0.2, 0) is 37.0 Å². The number of rotatable bonds is 16. The molecule has 2 aromatic carbocycles. The van der Waals surface area contributed by atoms with Crippen LogP contribution >= 0.6 is 0 Å². The summed E-state index contributed by atoms with van der Waals surface area (Å²) in [5.41, 5.74) is 4.54. The third kappa shape index (κ3) is 8.92. The maximum absolute atomic E-state index is 12.6. The number of fused-ring (bicyclic) bond motifs is 1. The van der Waals surface area contributed by atoms with Gasteiger partial charge in [-0.15, -0.1) is 0 Å². The van der Waals surface area contributed by atoms with Crippen molar-refractivity contribution in [3.05, 3.63) is 59.2 Å². The number of hydrogen-bond donors (Lipinski definition) is 1. The van der Waals surface area contributed by atoms with Gasteiger partial charge in [-0.3, -0.25) is 4.79 Å². The van der Waals surface area contributed by atoms with Crippen molar-refractivity contribution >= 4 is 11.6 Å². The van der Waals surface area contributed by atoms with Gasteiger partial charge in [0, 0.05) is 59.5 Å². The topological polar surface area (TPSA) is 81.7 Å². The molecule has 9 heteroatoms. The second-order valence-electron chi connectivity index (χ2n) is 12.0. The van der Waals surface area contributed by atoms with Crippen LogP contribution in [0.25, 0.3) is 0 Å². The molecule has 3 atom stereocenters. The minimum atomic E-state index is -0.196. The molecule has 3 aliphatic rings. The molecule has 1 saturated heterocycles. The van der Waals surface area contributed by atoms with E-state index in [0.717, 1.165) is 61.2 Å². The second-order valence-corrected chi connectivity index (χ2v) is 12.0. The molecule has 0 unspecified atom stereocenters. The standard InChI is InChI=1S/C34H49N3O6/c1-4-36(2)33(38)24-43-32-20-35-19-31(34(32)28-11-8-26(9-12-28)22-40-21-25-6-7-25)42-23-27-10-13-30-29(18-27)37(15-17-41-30)14-5-16-39-3/h8-13,18,25,31-32,34-35H,4-7,14-17,19-24H2,1-3H3/t31-,32+,34+/m0/s1. The van der Waals surface area contributed by atoms with Crippen molar-refractivity contribution in [1.29, 1.82) is 0 Å². The van der Waals surface area contributed by atoms with Gasteiger partial charge in [0.15, 0.2) is 0 Å². The number of hydrogen-bond acceptors (Lipinski definition) is 8. The van der Waals surface area contributed by atoms with E-state index in [-0.39, 0.29) is 30.6 Å². The molecule has 1 aliphatic carbocycles. The van der Waals surface area contributed by atoms with E-state index >= 15 is 0 Å². The number of ether oxygens (including phenoxy) is 5. The van der Waals surface area contributed by atoms with Gasteiger partial charge in [0.25, 0.3) is 0 Å². The molecular formula is C34H49N3O6. The fourth-order valence-electron chi connectivity index (χ4n) is 5.79. The highest BCUT2D eigenvalue weighted by atomic mass is 16.5. The molecule has 2 heterocycles. The molecule has 0 bridgehead atoms. The summed E-state index contributed by atoms with van der Waals surface area (Å²) in [6.45, 7) is 9.21. The molecule has 236 valence electrons. The molecule has 1 saturated carbocycles. The molecular weight excluding hydrogens is 546 g/mol. The lowest BCUT2D eigenvalue weighted by Gasteiger charge is -2.39. The normalized spacial score (nSPS) is 21.7.